The average molecular weight is 514 g/mol. The summed E-state index contributed by atoms with van der Waals surface area (Å²) in [6.45, 7) is 3.51. The van der Waals surface area contributed by atoms with Crippen molar-refractivity contribution in [3.63, 3.8) is 0 Å². The van der Waals surface area contributed by atoms with Crippen molar-refractivity contribution in [2.24, 2.45) is 0 Å². The van der Waals surface area contributed by atoms with Gasteiger partial charge in [-0.2, -0.15) is 18.3 Å². The number of nitrogens with zero attached hydrogens (tertiary/aromatic N) is 6. The van der Waals surface area contributed by atoms with Crippen LogP contribution in [-0.2, 0) is 17.4 Å². The molecule has 0 spiro atoms. The molecule has 5 rings (SSSR count). The van der Waals surface area contributed by atoms with Gasteiger partial charge in [0, 0.05) is 62.3 Å². The number of nitrogens with one attached hydrogen (secondary N) is 1. The summed E-state index contributed by atoms with van der Waals surface area (Å²) in [7, 11) is 0. The Morgan fingerprint density at radius 3 is 2.49 bits per heavy atom. The number of halogens is 3. The molecule has 1 amide bonds. The fourth-order valence-electron chi connectivity index (χ4n) is 4.85. The molecule has 0 bridgehead atoms. The predicted molar refractivity (Wildman–Crippen MR) is 131 cm³/mol. The van der Waals surface area contributed by atoms with Crippen LogP contribution in [0.25, 0.3) is 0 Å². The van der Waals surface area contributed by atoms with Crippen LogP contribution < -0.4 is 15.4 Å². The number of para-hydroxylation sites is 1. The van der Waals surface area contributed by atoms with Crippen molar-refractivity contribution in [1.29, 1.82) is 0 Å². The number of fused-ring (bicyclic) bond motifs is 1. The highest BCUT2D eigenvalue weighted by Crippen LogP contribution is 2.38. The topological polar surface area (TPSA) is 98.3 Å². The summed E-state index contributed by atoms with van der Waals surface area (Å²) < 4.78 is 38.3. The van der Waals surface area contributed by atoms with Gasteiger partial charge in [0.25, 0.3) is 5.56 Å². The minimum Gasteiger partial charge on any atom is -0.339 e. The van der Waals surface area contributed by atoms with Crippen LogP contribution in [-0.4, -0.2) is 63.2 Å². The number of aromatic nitrogens is 4. The van der Waals surface area contributed by atoms with Crippen LogP contribution in [0.2, 0.25) is 0 Å². The molecule has 2 aliphatic rings. The molecule has 1 N–H and O–H groups in total. The number of amides is 1. The first-order valence-corrected chi connectivity index (χ1v) is 12.1. The van der Waals surface area contributed by atoms with Crippen LogP contribution in [0.4, 0.5) is 30.6 Å². The summed E-state index contributed by atoms with van der Waals surface area (Å²) in [6.07, 6.45) is -1.20. The van der Waals surface area contributed by atoms with Crippen LogP contribution in [0, 0.1) is 6.92 Å². The molecular weight excluding hydrogens is 487 g/mol. The van der Waals surface area contributed by atoms with Crippen molar-refractivity contribution in [3.8, 4) is 0 Å². The number of carbonyl (C=O) groups is 1. The lowest BCUT2D eigenvalue weighted by atomic mass is 10.1. The van der Waals surface area contributed by atoms with Gasteiger partial charge in [-0.3, -0.25) is 9.59 Å². The van der Waals surface area contributed by atoms with Gasteiger partial charge >= 0.3 is 6.18 Å². The Morgan fingerprint density at radius 1 is 1.11 bits per heavy atom. The maximum Gasteiger partial charge on any atom is 0.419 e. The monoisotopic (exact) mass is 513 g/mol. The Balaban J connectivity index is 1.20. The molecule has 4 heterocycles. The molecule has 0 radical (unpaired) electrons. The summed E-state index contributed by atoms with van der Waals surface area (Å²) in [5, 5.41) is 6.80. The Morgan fingerprint density at radius 2 is 1.81 bits per heavy atom. The zero-order chi connectivity index (χ0) is 26.2. The number of aryl methyl sites for hydroxylation is 1. The predicted octanol–water partition coefficient (Wildman–Crippen LogP) is 3.08. The molecule has 1 aromatic carbocycles. The van der Waals surface area contributed by atoms with Gasteiger partial charge in [-0.25, -0.2) is 15.1 Å². The van der Waals surface area contributed by atoms with E-state index in [1.807, 2.05) is 18.2 Å². The third-order valence-electron chi connectivity index (χ3n) is 6.87. The van der Waals surface area contributed by atoms with E-state index < -0.39 is 11.7 Å². The summed E-state index contributed by atoms with van der Waals surface area (Å²) in [6, 6.07) is 9.79. The van der Waals surface area contributed by atoms with E-state index in [-0.39, 0.29) is 23.5 Å². The van der Waals surface area contributed by atoms with Crippen LogP contribution in [0.15, 0.2) is 47.5 Å². The van der Waals surface area contributed by atoms with E-state index in [0.717, 1.165) is 30.1 Å². The number of alkyl halides is 3. The van der Waals surface area contributed by atoms with Gasteiger partial charge < -0.3 is 14.7 Å². The molecule has 0 saturated carbocycles. The highest BCUT2D eigenvalue weighted by molar-refractivity contribution is 5.77. The van der Waals surface area contributed by atoms with Gasteiger partial charge in [-0.1, -0.05) is 18.2 Å². The molecule has 9 nitrogen and oxygen atoms in total. The van der Waals surface area contributed by atoms with Gasteiger partial charge in [0.05, 0.1) is 5.56 Å². The highest BCUT2D eigenvalue weighted by Gasteiger charge is 2.33. The highest BCUT2D eigenvalue weighted by atomic mass is 19.4. The Labute approximate surface area is 210 Å². The molecular formula is C25H26F3N7O2. The van der Waals surface area contributed by atoms with E-state index in [1.165, 1.54) is 0 Å². The maximum absolute atomic E-state index is 13.0. The fourth-order valence-corrected chi connectivity index (χ4v) is 4.85. The molecule has 2 aromatic heterocycles. The zero-order valence-corrected chi connectivity index (χ0v) is 20.2. The third-order valence-corrected chi connectivity index (χ3v) is 6.87. The lowest BCUT2D eigenvalue weighted by molar-refractivity contribution is -0.138. The van der Waals surface area contributed by atoms with Gasteiger partial charge in [-0.15, -0.1) is 0 Å². The number of benzene rings is 1. The van der Waals surface area contributed by atoms with Crippen LogP contribution in [0.5, 0.6) is 0 Å². The number of carbonyl (C=O) groups excluding carboxylic acids is 1. The van der Waals surface area contributed by atoms with Crippen molar-refractivity contribution in [3.05, 3.63) is 69.8 Å². The lowest BCUT2D eigenvalue weighted by Gasteiger charge is -2.35. The Bertz CT molecular complexity index is 1340. The summed E-state index contributed by atoms with van der Waals surface area (Å²) in [5.74, 6) is 0.891. The largest absolute Gasteiger partial charge is 0.419 e. The number of H-pyrrole nitrogens is 1. The molecule has 194 valence electrons. The number of hydrogen-bond donors (Lipinski definition) is 1. The second-order valence-corrected chi connectivity index (χ2v) is 9.27. The summed E-state index contributed by atoms with van der Waals surface area (Å²) in [4.78, 5) is 38.2. The standard InChI is InChI=1S/C25H26F3N7O2/c1-16-12-21(31-32-23(16)37)35-19(13-17-4-2-3-5-20(17)35)6-7-22(36)33-8-10-34(11-9-33)24-29-14-18(15-30-24)25(26,27)28/h2-5,12,14-15,19H,6-11,13H2,1H3,(H,32,37). The molecule has 0 aliphatic carbocycles. The van der Waals surface area contributed by atoms with E-state index >= 15 is 0 Å². The molecule has 1 fully saturated rings. The van der Waals surface area contributed by atoms with Crippen molar-refractivity contribution in [2.45, 2.75) is 38.4 Å². The average Bonchev–Trinajstić information content (AvgIpc) is 3.27. The summed E-state index contributed by atoms with van der Waals surface area (Å²) >= 11 is 0. The van der Waals surface area contributed by atoms with E-state index in [2.05, 4.69) is 31.1 Å². The number of aromatic amines is 1. The first kappa shape index (κ1) is 24.7. The zero-order valence-electron chi connectivity index (χ0n) is 20.2. The quantitative estimate of drug-likeness (QED) is 0.560. The second kappa shape index (κ2) is 9.83. The number of anilines is 3. The summed E-state index contributed by atoms with van der Waals surface area (Å²) in [5.41, 5.74) is 1.63. The van der Waals surface area contributed by atoms with Crippen molar-refractivity contribution < 1.29 is 18.0 Å². The van der Waals surface area contributed by atoms with Crippen LogP contribution in [0.1, 0.15) is 29.5 Å². The minimum absolute atomic E-state index is 0.0148. The van der Waals surface area contributed by atoms with E-state index in [9.17, 15) is 22.8 Å². The number of hydrogen-bond acceptors (Lipinski definition) is 7. The Kier molecular flexibility index (Phi) is 6.57. The van der Waals surface area contributed by atoms with Gasteiger partial charge in [0.15, 0.2) is 5.82 Å². The molecule has 2 aliphatic heterocycles. The van der Waals surface area contributed by atoms with Crippen LogP contribution in [0.3, 0.4) is 0 Å². The van der Waals surface area contributed by atoms with Crippen molar-refractivity contribution >= 4 is 23.4 Å². The van der Waals surface area contributed by atoms with Crippen molar-refractivity contribution in [1.82, 2.24) is 25.1 Å². The second-order valence-electron chi connectivity index (χ2n) is 9.27. The molecule has 1 atom stereocenters. The lowest BCUT2D eigenvalue weighted by Crippen LogP contribution is -2.49. The van der Waals surface area contributed by atoms with Crippen molar-refractivity contribution in [2.75, 3.05) is 36.0 Å². The van der Waals surface area contributed by atoms with E-state index in [1.54, 1.807) is 22.8 Å². The van der Waals surface area contributed by atoms with E-state index in [4.69, 9.17) is 0 Å². The molecule has 12 heteroatoms. The van der Waals surface area contributed by atoms with Gasteiger partial charge in [0.2, 0.25) is 11.9 Å². The molecule has 3 aromatic rings. The first-order chi connectivity index (χ1) is 17.7. The number of rotatable bonds is 5. The molecule has 1 saturated heterocycles. The van der Waals surface area contributed by atoms with Gasteiger partial charge in [-0.05, 0) is 37.5 Å². The van der Waals surface area contributed by atoms with Crippen LogP contribution >= 0.6 is 0 Å². The van der Waals surface area contributed by atoms with E-state index in [0.29, 0.717) is 50.4 Å². The molecule has 1 unspecified atom stereocenters. The smallest absolute Gasteiger partial charge is 0.339 e. The first-order valence-electron chi connectivity index (χ1n) is 12.1. The molecule has 37 heavy (non-hydrogen) atoms. The maximum atomic E-state index is 13.0. The normalized spacial score (nSPS) is 17.7. The van der Waals surface area contributed by atoms with Gasteiger partial charge in [0.1, 0.15) is 0 Å². The SMILES string of the molecule is Cc1cc(N2c3ccccc3CC2CCC(=O)N2CCN(c3ncc(C(F)(F)F)cn3)CC2)n[nH]c1=O. The Hall–Kier alpha value is -3.96. The third kappa shape index (κ3) is 5.13. The fraction of sp³-hybridized carbons (Fsp3) is 0.400. The number of piperazine rings is 1. The minimum atomic E-state index is -4.48.